The minimum Gasteiger partial charge on any atom is -0.211 e. The fraction of sp³-hybridized carbons (Fsp3) is 0.333. The van der Waals surface area contributed by atoms with Crippen molar-refractivity contribution in [1.82, 2.24) is 4.31 Å². The van der Waals surface area contributed by atoms with E-state index in [0.717, 1.165) is 4.31 Å². The molecule has 0 aromatic heterocycles. The number of hydrogen-bond donors (Lipinski definition) is 0. The number of benzene rings is 1. The molecule has 1 rings (SSSR count). The van der Waals surface area contributed by atoms with Gasteiger partial charge in [-0.15, -0.1) is 11.6 Å². The summed E-state index contributed by atoms with van der Waals surface area (Å²) in [4.78, 5) is 0. The fourth-order valence-corrected chi connectivity index (χ4v) is 2.72. The lowest BCUT2D eigenvalue weighted by Crippen LogP contribution is -2.27. The van der Waals surface area contributed by atoms with Crippen molar-refractivity contribution in [2.45, 2.75) is 6.54 Å². The van der Waals surface area contributed by atoms with Gasteiger partial charge in [-0.1, -0.05) is 23.2 Å². The van der Waals surface area contributed by atoms with Crippen LogP contribution in [0.1, 0.15) is 5.56 Å². The van der Waals surface area contributed by atoms with Gasteiger partial charge in [0.2, 0.25) is 10.0 Å². The van der Waals surface area contributed by atoms with E-state index in [-0.39, 0.29) is 6.54 Å². The maximum Gasteiger partial charge on any atom is 0.228 e. The van der Waals surface area contributed by atoms with Gasteiger partial charge in [0, 0.05) is 23.6 Å². The molecular formula is C9H10Cl3NO2S. The Morgan fingerprint density at radius 3 is 2.12 bits per heavy atom. The van der Waals surface area contributed by atoms with Crippen LogP contribution >= 0.6 is 34.8 Å². The topological polar surface area (TPSA) is 37.4 Å². The molecule has 90 valence electrons. The number of nitrogens with zero attached hydrogens (tertiary/aromatic N) is 1. The summed E-state index contributed by atoms with van der Waals surface area (Å²) in [7, 11) is -1.96. The first-order valence-electron chi connectivity index (χ1n) is 4.30. The second kappa shape index (κ2) is 5.56. The van der Waals surface area contributed by atoms with Crippen LogP contribution in [0, 0.1) is 0 Å². The predicted octanol–water partition coefficient (Wildman–Crippen LogP) is 2.95. The molecule has 0 amide bonds. The molecule has 0 saturated heterocycles. The smallest absolute Gasteiger partial charge is 0.211 e. The molecule has 0 aliphatic carbocycles. The molecule has 0 atom stereocenters. The highest BCUT2D eigenvalue weighted by molar-refractivity contribution is 7.90. The van der Waals surface area contributed by atoms with Gasteiger partial charge >= 0.3 is 0 Å². The Bertz CT molecular complexity index is 455. The summed E-state index contributed by atoms with van der Waals surface area (Å²) in [5, 5.41) is 0.496. The lowest BCUT2D eigenvalue weighted by atomic mass is 10.2. The van der Waals surface area contributed by atoms with Crippen molar-refractivity contribution in [1.29, 1.82) is 0 Å². The normalized spacial score (nSPS) is 12.1. The maximum atomic E-state index is 11.4. The molecule has 1 aromatic carbocycles. The van der Waals surface area contributed by atoms with Crippen LogP contribution in [0.4, 0.5) is 0 Å². The first kappa shape index (κ1) is 14.1. The van der Waals surface area contributed by atoms with E-state index in [1.165, 1.54) is 7.05 Å². The Kier molecular flexibility index (Phi) is 4.88. The van der Waals surface area contributed by atoms with Gasteiger partial charge in [0.25, 0.3) is 0 Å². The van der Waals surface area contributed by atoms with E-state index < -0.39 is 15.2 Å². The van der Waals surface area contributed by atoms with Crippen molar-refractivity contribution < 1.29 is 8.42 Å². The van der Waals surface area contributed by atoms with Crippen LogP contribution < -0.4 is 0 Å². The van der Waals surface area contributed by atoms with E-state index in [4.69, 9.17) is 34.8 Å². The van der Waals surface area contributed by atoms with Crippen molar-refractivity contribution in [3.63, 3.8) is 0 Å². The Labute approximate surface area is 110 Å². The molecule has 3 nitrogen and oxygen atoms in total. The van der Waals surface area contributed by atoms with Crippen molar-refractivity contribution in [3.8, 4) is 0 Å². The maximum absolute atomic E-state index is 11.4. The Balaban J connectivity index is 2.89. The van der Waals surface area contributed by atoms with Gasteiger partial charge in [-0.05, 0) is 23.8 Å². The van der Waals surface area contributed by atoms with E-state index in [2.05, 4.69) is 0 Å². The van der Waals surface area contributed by atoms with Crippen LogP contribution in [0.3, 0.4) is 0 Å². The second-order valence-corrected chi connectivity index (χ2v) is 6.79. The van der Waals surface area contributed by atoms with E-state index >= 15 is 0 Å². The van der Waals surface area contributed by atoms with E-state index in [0.29, 0.717) is 15.6 Å². The summed E-state index contributed by atoms with van der Waals surface area (Å²) < 4.78 is 24.0. The summed E-state index contributed by atoms with van der Waals surface area (Å²) in [5.74, 6) is 0. The van der Waals surface area contributed by atoms with Crippen LogP contribution in [-0.2, 0) is 16.6 Å². The Morgan fingerprint density at radius 1 is 1.19 bits per heavy atom. The molecule has 0 aliphatic rings. The number of halogens is 3. The average molecular weight is 303 g/mol. The largest absolute Gasteiger partial charge is 0.228 e. The lowest BCUT2D eigenvalue weighted by Gasteiger charge is -2.15. The van der Waals surface area contributed by atoms with Crippen LogP contribution in [0.5, 0.6) is 0 Å². The third kappa shape index (κ3) is 3.79. The molecule has 0 unspecified atom stereocenters. The summed E-state index contributed by atoms with van der Waals surface area (Å²) in [6.45, 7) is 0.190. The molecular weight excluding hydrogens is 293 g/mol. The number of rotatable bonds is 4. The minimum atomic E-state index is -3.41. The highest BCUT2D eigenvalue weighted by atomic mass is 35.5. The number of sulfonamides is 1. The second-order valence-electron chi connectivity index (χ2n) is 3.25. The highest BCUT2D eigenvalue weighted by Gasteiger charge is 2.16. The molecule has 16 heavy (non-hydrogen) atoms. The molecule has 0 aliphatic heterocycles. The first-order chi connectivity index (χ1) is 7.35. The SMILES string of the molecule is CN(Cc1cc(Cl)cc(Cl)c1)S(=O)(=O)CCl. The molecule has 0 saturated carbocycles. The Hall–Kier alpha value is -0.000000000000000167. The van der Waals surface area contributed by atoms with Gasteiger partial charge in [0.1, 0.15) is 5.21 Å². The molecule has 0 bridgehead atoms. The van der Waals surface area contributed by atoms with Gasteiger partial charge in [0.15, 0.2) is 0 Å². The van der Waals surface area contributed by atoms with Crippen molar-refractivity contribution in [3.05, 3.63) is 33.8 Å². The molecule has 1 aromatic rings. The standard InChI is InChI=1S/C9H10Cl3NO2S/c1-13(16(14,15)6-10)5-7-2-8(11)4-9(12)3-7/h2-4H,5-6H2,1H3. The monoisotopic (exact) mass is 301 g/mol. The number of hydrogen-bond acceptors (Lipinski definition) is 2. The van der Waals surface area contributed by atoms with Crippen LogP contribution in [0.15, 0.2) is 18.2 Å². The van der Waals surface area contributed by atoms with E-state index in [1.54, 1.807) is 18.2 Å². The van der Waals surface area contributed by atoms with E-state index in [9.17, 15) is 8.42 Å². The van der Waals surface area contributed by atoms with Crippen LogP contribution in [0.25, 0.3) is 0 Å². The molecule has 0 heterocycles. The zero-order chi connectivity index (χ0) is 12.3. The van der Waals surface area contributed by atoms with Crippen molar-refractivity contribution in [2.24, 2.45) is 0 Å². The fourth-order valence-electron chi connectivity index (χ4n) is 1.14. The molecule has 0 radical (unpaired) electrons. The van der Waals surface area contributed by atoms with Gasteiger partial charge in [-0.2, -0.15) is 4.31 Å². The minimum absolute atomic E-state index is 0.190. The highest BCUT2D eigenvalue weighted by Crippen LogP contribution is 2.20. The van der Waals surface area contributed by atoms with Crippen molar-refractivity contribution >= 4 is 44.8 Å². The first-order valence-corrected chi connectivity index (χ1v) is 7.20. The predicted molar refractivity (Wildman–Crippen MR) is 67.6 cm³/mol. The molecule has 0 spiro atoms. The third-order valence-corrected chi connectivity index (χ3v) is 4.56. The zero-order valence-corrected chi connectivity index (χ0v) is 11.5. The summed E-state index contributed by atoms with van der Waals surface area (Å²) in [6, 6.07) is 4.91. The van der Waals surface area contributed by atoms with Gasteiger partial charge in [-0.3, -0.25) is 0 Å². The zero-order valence-electron chi connectivity index (χ0n) is 8.45. The summed E-state index contributed by atoms with van der Waals surface area (Å²) in [6.07, 6.45) is 0. The third-order valence-electron chi connectivity index (χ3n) is 1.94. The lowest BCUT2D eigenvalue weighted by molar-refractivity contribution is 0.471. The molecule has 7 heteroatoms. The van der Waals surface area contributed by atoms with E-state index in [1.807, 2.05) is 0 Å². The van der Waals surface area contributed by atoms with Crippen LogP contribution in [-0.4, -0.2) is 25.0 Å². The quantitative estimate of drug-likeness (QED) is 0.802. The summed E-state index contributed by atoms with van der Waals surface area (Å²) in [5.41, 5.74) is 0.716. The van der Waals surface area contributed by atoms with Crippen LogP contribution in [0.2, 0.25) is 10.0 Å². The van der Waals surface area contributed by atoms with Crippen molar-refractivity contribution in [2.75, 3.05) is 12.3 Å². The number of alkyl halides is 1. The summed E-state index contributed by atoms with van der Waals surface area (Å²) >= 11 is 16.9. The van der Waals surface area contributed by atoms with Gasteiger partial charge in [-0.25, -0.2) is 8.42 Å². The van der Waals surface area contributed by atoms with Gasteiger partial charge < -0.3 is 0 Å². The average Bonchev–Trinajstić information content (AvgIpc) is 2.15. The Morgan fingerprint density at radius 2 is 1.69 bits per heavy atom. The molecule has 0 N–H and O–H groups in total. The van der Waals surface area contributed by atoms with Gasteiger partial charge in [0.05, 0.1) is 0 Å². The molecule has 0 fully saturated rings.